The number of aromatic nitrogens is 3. The van der Waals surface area contributed by atoms with Crippen LogP contribution in [0.1, 0.15) is 29.2 Å². The maximum atomic E-state index is 14.4. The zero-order valence-electron chi connectivity index (χ0n) is 16.6. The highest BCUT2D eigenvalue weighted by Crippen LogP contribution is 2.38. The van der Waals surface area contributed by atoms with Crippen LogP contribution in [0.4, 0.5) is 4.39 Å². The first-order chi connectivity index (χ1) is 15.1. The number of nitrogens with one attached hydrogen (secondary N) is 1. The second-order valence-electron chi connectivity index (χ2n) is 8.40. The fraction of sp³-hybridized carbons (Fsp3) is 0.455. The number of nitrogens with zero attached hydrogens (tertiary/aromatic N) is 2. The van der Waals surface area contributed by atoms with Crippen LogP contribution in [0.5, 0.6) is 6.01 Å². The molecule has 2 N–H and O–H groups in total. The number of H-pyrrole nitrogens is 1. The van der Waals surface area contributed by atoms with Crippen LogP contribution in [0.15, 0.2) is 24.3 Å². The van der Waals surface area contributed by atoms with Gasteiger partial charge in [-0.15, -0.1) is 0 Å². The Kier molecular flexibility index (Phi) is 4.64. The number of pyridine rings is 1. The Morgan fingerprint density at radius 2 is 2.10 bits per heavy atom. The lowest BCUT2D eigenvalue weighted by molar-refractivity contribution is 0.00706. The van der Waals surface area contributed by atoms with Gasteiger partial charge >= 0.3 is 0 Å². The quantitative estimate of drug-likeness (QED) is 0.642. The third-order valence-electron chi connectivity index (χ3n) is 6.48. The molecule has 31 heavy (non-hydrogen) atoms. The SMILES string of the molecule is O[C@@H]1CO[C@H]2[C@@H]1OC[C@H]2Oc1nc2nc(C[C@@H]3CCc4cccc(F)c43)c(Cl)cc2[nH]1. The van der Waals surface area contributed by atoms with Crippen LogP contribution in [0.2, 0.25) is 5.02 Å². The fourth-order valence-corrected chi connectivity index (χ4v) is 5.22. The van der Waals surface area contributed by atoms with Crippen molar-refractivity contribution in [3.8, 4) is 6.01 Å². The molecule has 5 atom stereocenters. The summed E-state index contributed by atoms with van der Waals surface area (Å²) in [5.41, 5.74) is 3.68. The van der Waals surface area contributed by atoms with Crippen LogP contribution in [0.25, 0.3) is 11.2 Å². The first kappa shape index (κ1) is 19.4. The molecule has 0 saturated carbocycles. The average molecular weight is 446 g/mol. The van der Waals surface area contributed by atoms with Crippen molar-refractivity contribution in [2.75, 3.05) is 13.2 Å². The third kappa shape index (κ3) is 3.29. The van der Waals surface area contributed by atoms with E-state index in [0.717, 1.165) is 24.0 Å². The van der Waals surface area contributed by atoms with Crippen molar-refractivity contribution in [3.63, 3.8) is 0 Å². The smallest absolute Gasteiger partial charge is 0.296 e. The Labute approximate surface area is 182 Å². The highest BCUT2D eigenvalue weighted by molar-refractivity contribution is 6.31. The number of fused-ring (bicyclic) bond motifs is 3. The van der Waals surface area contributed by atoms with Crippen molar-refractivity contribution in [2.24, 2.45) is 0 Å². The second-order valence-corrected chi connectivity index (χ2v) is 8.81. The van der Waals surface area contributed by atoms with E-state index in [1.807, 2.05) is 6.07 Å². The van der Waals surface area contributed by atoms with Crippen LogP contribution >= 0.6 is 11.6 Å². The number of aliphatic hydroxyl groups is 1. The number of hydrogen-bond acceptors (Lipinski definition) is 6. The van der Waals surface area contributed by atoms with Crippen molar-refractivity contribution >= 4 is 22.8 Å². The number of ether oxygens (including phenoxy) is 3. The maximum absolute atomic E-state index is 14.4. The minimum absolute atomic E-state index is 0.0480. The lowest BCUT2D eigenvalue weighted by atomic mass is 9.95. The van der Waals surface area contributed by atoms with Gasteiger partial charge in [-0.05, 0) is 48.4 Å². The Bertz CT molecular complexity index is 1160. The van der Waals surface area contributed by atoms with Crippen molar-refractivity contribution in [3.05, 3.63) is 51.9 Å². The van der Waals surface area contributed by atoms with Gasteiger partial charge in [0.05, 0.1) is 29.4 Å². The number of rotatable bonds is 4. The number of imidazole rings is 1. The number of aromatic amines is 1. The topological polar surface area (TPSA) is 89.5 Å². The van der Waals surface area contributed by atoms with Gasteiger partial charge in [-0.3, -0.25) is 0 Å². The van der Waals surface area contributed by atoms with Crippen molar-refractivity contribution in [2.45, 2.75) is 49.6 Å². The summed E-state index contributed by atoms with van der Waals surface area (Å²) in [5.74, 6) is -0.115. The number of hydrogen-bond donors (Lipinski definition) is 2. The normalized spacial score (nSPS) is 29.5. The van der Waals surface area contributed by atoms with Crippen LogP contribution in [-0.2, 0) is 22.3 Å². The molecular weight excluding hydrogens is 425 g/mol. The molecule has 1 aliphatic carbocycles. The number of benzene rings is 1. The molecule has 2 fully saturated rings. The van der Waals surface area contributed by atoms with E-state index in [0.29, 0.717) is 40.9 Å². The number of aryl methyl sites for hydroxylation is 1. The Morgan fingerprint density at radius 1 is 1.23 bits per heavy atom. The first-order valence-electron chi connectivity index (χ1n) is 10.5. The van der Waals surface area contributed by atoms with E-state index >= 15 is 0 Å². The van der Waals surface area contributed by atoms with Crippen molar-refractivity contribution < 1.29 is 23.7 Å². The van der Waals surface area contributed by atoms with E-state index in [9.17, 15) is 9.50 Å². The van der Waals surface area contributed by atoms with Gasteiger partial charge in [0.15, 0.2) is 11.8 Å². The van der Waals surface area contributed by atoms with E-state index in [2.05, 4.69) is 15.0 Å². The number of aliphatic hydroxyl groups excluding tert-OH is 1. The molecule has 0 bridgehead atoms. The summed E-state index contributed by atoms with van der Waals surface area (Å²) in [5, 5.41) is 10.4. The molecule has 9 heteroatoms. The molecule has 6 rings (SSSR count). The summed E-state index contributed by atoms with van der Waals surface area (Å²) in [4.78, 5) is 12.2. The molecular formula is C22H21ClFN3O4. The van der Waals surface area contributed by atoms with Gasteiger partial charge in [0, 0.05) is 0 Å². The zero-order valence-corrected chi connectivity index (χ0v) is 17.3. The standard InChI is InChI=1S/C22H21ClFN3O4/c23-12-7-15-21(25-14(12)6-11-5-4-10-2-1-3-13(24)18(10)11)27-22(26-15)31-17-9-30-19-16(28)8-29-20(17)19/h1-3,7,11,16-17,19-20,28H,4-6,8-9H2,(H,25,26,27)/t11-,16+,17+,19+,20+/m0/s1. The largest absolute Gasteiger partial charge is 0.456 e. The molecule has 7 nitrogen and oxygen atoms in total. The summed E-state index contributed by atoms with van der Waals surface area (Å²) in [6, 6.07) is 7.33. The molecule has 162 valence electrons. The van der Waals surface area contributed by atoms with Gasteiger partial charge in [0.1, 0.15) is 24.1 Å². The predicted octanol–water partition coefficient (Wildman–Crippen LogP) is 2.93. The monoisotopic (exact) mass is 445 g/mol. The lowest BCUT2D eigenvalue weighted by Gasteiger charge is -2.15. The summed E-state index contributed by atoms with van der Waals surface area (Å²) in [7, 11) is 0. The molecule has 0 spiro atoms. The van der Waals surface area contributed by atoms with Crippen LogP contribution < -0.4 is 4.74 Å². The van der Waals surface area contributed by atoms with Crippen molar-refractivity contribution in [1.29, 1.82) is 0 Å². The third-order valence-corrected chi connectivity index (χ3v) is 6.80. The van der Waals surface area contributed by atoms with Gasteiger partial charge in [0.25, 0.3) is 6.01 Å². The van der Waals surface area contributed by atoms with E-state index in [1.165, 1.54) is 6.07 Å². The van der Waals surface area contributed by atoms with Gasteiger partial charge in [0.2, 0.25) is 0 Å². The highest BCUT2D eigenvalue weighted by atomic mass is 35.5. The van der Waals surface area contributed by atoms with Crippen LogP contribution in [-0.4, -0.2) is 57.7 Å². The molecule has 3 aliphatic rings. The summed E-state index contributed by atoms with van der Waals surface area (Å²) < 4.78 is 31.5. The van der Waals surface area contributed by atoms with Gasteiger partial charge < -0.3 is 24.3 Å². The summed E-state index contributed by atoms with van der Waals surface area (Å²) in [6.45, 7) is 0.552. The van der Waals surface area contributed by atoms with Crippen molar-refractivity contribution in [1.82, 2.24) is 15.0 Å². The van der Waals surface area contributed by atoms with Gasteiger partial charge in [-0.2, -0.15) is 4.98 Å². The molecule has 2 aliphatic heterocycles. The molecule has 1 aromatic carbocycles. The lowest BCUT2D eigenvalue weighted by Crippen LogP contribution is -2.34. The Balaban J connectivity index is 1.24. The van der Waals surface area contributed by atoms with E-state index < -0.39 is 6.10 Å². The predicted molar refractivity (Wildman–Crippen MR) is 110 cm³/mol. The molecule has 3 aromatic rings. The highest BCUT2D eigenvalue weighted by Gasteiger charge is 2.48. The second kappa shape index (κ2) is 7.41. The number of halogens is 2. The minimum Gasteiger partial charge on any atom is -0.456 e. The van der Waals surface area contributed by atoms with Gasteiger partial charge in [-0.1, -0.05) is 23.7 Å². The maximum Gasteiger partial charge on any atom is 0.296 e. The Morgan fingerprint density at radius 3 is 3.00 bits per heavy atom. The molecule has 4 heterocycles. The van der Waals surface area contributed by atoms with E-state index in [4.69, 9.17) is 25.8 Å². The van der Waals surface area contributed by atoms with E-state index in [-0.39, 0.29) is 36.7 Å². The molecule has 0 amide bonds. The average Bonchev–Trinajstić information content (AvgIpc) is 3.50. The zero-order chi connectivity index (χ0) is 21.1. The first-order valence-corrected chi connectivity index (χ1v) is 10.8. The molecule has 2 saturated heterocycles. The summed E-state index contributed by atoms with van der Waals surface area (Å²) >= 11 is 6.50. The van der Waals surface area contributed by atoms with E-state index in [1.54, 1.807) is 12.1 Å². The molecule has 0 radical (unpaired) electrons. The minimum atomic E-state index is -0.636. The molecule has 2 aromatic heterocycles. The Hall–Kier alpha value is -2.26. The summed E-state index contributed by atoms with van der Waals surface area (Å²) in [6.07, 6.45) is 0.587. The fourth-order valence-electron chi connectivity index (χ4n) is 4.99. The molecule has 0 unspecified atom stereocenters. The van der Waals surface area contributed by atoms with Crippen LogP contribution in [0.3, 0.4) is 0 Å². The van der Waals surface area contributed by atoms with Gasteiger partial charge in [-0.25, -0.2) is 9.37 Å². The van der Waals surface area contributed by atoms with Crippen LogP contribution in [0, 0.1) is 5.82 Å².